The normalized spacial score (nSPS) is 11.1. The summed E-state index contributed by atoms with van der Waals surface area (Å²) in [5.41, 5.74) is 3.65. The summed E-state index contributed by atoms with van der Waals surface area (Å²) in [6.07, 6.45) is 7.06. The number of halogens is 2. The Morgan fingerprint density at radius 1 is 1.11 bits per heavy atom. The van der Waals surface area contributed by atoms with Crippen molar-refractivity contribution in [1.29, 1.82) is 0 Å². The van der Waals surface area contributed by atoms with Gasteiger partial charge in [0.05, 0.1) is 22.9 Å². The molecular formula is C20H15BrClN5O. The standard InChI is InChI=1S/C20H15BrClN5O/c1-12-14(11-23-19-3-2-15(21)9-17(12)19)8-16(28)6-13-7-18(22)20(24-10-13)27-25-4-5-26-27/h2-5,7,9-11H,6,8H2,1H3. The van der Waals surface area contributed by atoms with Crippen LogP contribution in [-0.2, 0) is 17.6 Å². The van der Waals surface area contributed by atoms with Crippen LogP contribution in [0.1, 0.15) is 16.7 Å². The van der Waals surface area contributed by atoms with Gasteiger partial charge in [-0.15, -0.1) is 4.80 Å². The predicted molar refractivity (Wildman–Crippen MR) is 111 cm³/mol. The molecule has 8 heteroatoms. The second kappa shape index (κ2) is 7.77. The van der Waals surface area contributed by atoms with Crippen molar-refractivity contribution < 1.29 is 4.79 Å². The summed E-state index contributed by atoms with van der Waals surface area (Å²) in [7, 11) is 0. The molecule has 3 aromatic heterocycles. The van der Waals surface area contributed by atoms with Gasteiger partial charge in [0, 0.05) is 35.1 Å². The number of aryl methyl sites for hydroxylation is 1. The van der Waals surface area contributed by atoms with Gasteiger partial charge in [-0.1, -0.05) is 27.5 Å². The van der Waals surface area contributed by atoms with E-state index < -0.39 is 0 Å². The first-order valence-electron chi connectivity index (χ1n) is 8.58. The number of Topliss-reactive ketones (excluding diaryl/α,β-unsaturated/α-hetero) is 1. The molecule has 6 nitrogen and oxygen atoms in total. The van der Waals surface area contributed by atoms with Gasteiger partial charge >= 0.3 is 0 Å². The van der Waals surface area contributed by atoms with E-state index in [9.17, 15) is 4.79 Å². The number of carbonyl (C=O) groups is 1. The Kier molecular flexibility index (Phi) is 5.19. The minimum absolute atomic E-state index is 0.0714. The fourth-order valence-corrected chi connectivity index (χ4v) is 3.68. The molecule has 4 aromatic rings. The third-order valence-corrected chi connectivity index (χ3v) is 5.25. The van der Waals surface area contributed by atoms with Crippen molar-refractivity contribution in [2.24, 2.45) is 0 Å². The van der Waals surface area contributed by atoms with E-state index in [0.717, 1.165) is 32.1 Å². The minimum atomic E-state index is 0.0714. The molecule has 0 bridgehead atoms. The second-order valence-corrected chi connectivity index (χ2v) is 7.75. The number of hydrogen-bond donors (Lipinski definition) is 0. The second-order valence-electron chi connectivity index (χ2n) is 6.43. The third-order valence-electron chi connectivity index (χ3n) is 4.48. The number of nitrogens with zero attached hydrogens (tertiary/aromatic N) is 5. The highest BCUT2D eigenvalue weighted by atomic mass is 79.9. The Bertz CT molecular complexity index is 1180. The monoisotopic (exact) mass is 455 g/mol. The van der Waals surface area contributed by atoms with Gasteiger partial charge in [0.25, 0.3) is 0 Å². The van der Waals surface area contributed by atoms with Crippen molar-refractivity contribution in [3.8, 4) is 5.82 Å². The van der Waals surface area contributed by atoms with Gasteiger partial charge in [-0.2, -0.15) is 10.2 Å². The number of fused-ring (bicyclic) bond motifs is 1. The van der Waals surface area contributed by atoms with Crippen LogP contribution >= 0.6 is 27.5 Å². The molecule has 0 amide bonds. The molecule has 3 heterocycles. The van der Waals surface area contributed by atoms with Crippen LogP contribution < -0.4 is 0 Å². The zero-order valence-corrected chi connectivity index (χ0v) is 17.3. The van der Waals surface area contributed by atoms with Crippen molar-refractivity contribution >= 4 is 44.2 Å². The molecule has 0 saturated carbocycles. The lowest BCUT2D eigenvalue weighted by molar-refractivity contribution is -0.117. The Labute approximate surface area is 174 Å². The van der Waals surface area contributed by atoms with E-state index in [2.05, 4.69) is 36.1 Å². The van der Waals surface area contributed by atoms with Gasteiger partial charge in [-0.25, -0.2) is 4.98 Å². The zero-order valence-electron chi connectivity index (χ0n) is 14.9. The molecule has 0 unspecified atom stereocenters. The number of rotatable bonds is 5. The summed E-state index contributed by atoms with van der Waals surface area (Å²) in [5.74, 6) is 0.505. The van der Waals surface area contributed by atoms with Crippen molar-refractivity contribution in [2.45, 2.75) is 19.8 Å². The highest BCUT2D eigenvalue weighted by Gasteiger charge is 2.13. The van der Waals surface area contributed by atoms with Gasteiger partial charge in [-0.05, 0) is 47.9 Å². The zero-order chi connectivity index (χ0) is 19.7. The van der Waals surface area contributed by atoms with Crippen LogP contribution in [-0.4, -0.2) is 30.7 Å². The average Bonchev–Trinajstić information content (AvgIpc) is 3.19. The van der Waals surface area contributed by atoms with E-state index in [-0.39, 0.29) is 12.2 Å². The number of benzene rings is 1. The molecule has 0 radical (unpaired) electrons. The minimum Gasteiger partial charge on any atom is -0.299 e. The van der Waals surface area contributed by atoms with E-state index in [4.69, 9.17) is 11.6 Å². The molecule has 0 N–H and O–H groups in total. The first-order chi connectivity index (χ1) is 13.5. The maximum absolute atomic E-state index is 12.6. The Morgan fingerprint density at radius 3 is 2.64 bits per heavy atom. The summed E-state index contributed by atoms with van der Waals surface area (Å²) in [4.78, 5) is 22.7. The maximum atomic E-state index is 12.6. The van der Waals surface area contributed by atoms with Gasteiger partial charge in [0.15, 0.2) is 5.82 Å². The molecule has 1 aromatic carbocycles. The highest BCUT2D eigenvalue weighted by molar-refractivity contribution is 9.10. The van der Waals surface area contributed by atoms with Crippen LogP contribution in [0, 0.1) is 6.92 Å². The molecule has 0 aliphatic heterocycles. The number of pyridine rings is 2. The summed E-state index contributed by atoms with van der Waals surface area (Å²) in [6, 6.07) is 7.67. The Morgan fingerprint density at radius 2 is 1.89 bits per heavy atom. The van der Waals surface area contributed by atoms with Crippen molar-refractivity contribution in [1.82, 2.24) is 25.0 Å². The van der Waals surface area contributed by atoms with Gasteiger partial charge < -0.3 is 0 Å². The van der Waals surface area contributed by atoms with E-state index in [1.807, 2.05) is 25.1 Å². The van der Waals surface area contributed by atoms with Gasteiger partial charge in [-0.3, -0.25) is 9.78 Å². The molecule has 0 aliphatic carbocycles. The molecule has 4 rings (SSSR count). The number of hydrogen-bond acceptors (Lipinski definition) is 5. The number of aromatic nitrogens is 5. The van der Waals surface area contributed by atoms with Gasteiger partial charge in [0.2, 0.25) is 0 Å². The summed E-state index contributed by atoms with van der Waals surface area (Å²) in [6.45, 7) is 2.02. The van der Waals surface area contributed by atoms with Gasteiger partial charge in [0.1, 0.15) is 5.78 Å². The van der Waals surface area contributed by atoms with Crippen LogP contribution in [0.25, 0.3) is 16.7 Å². The molecule has 0 saturated heterocycles. The van der Waals surface area contributed by atoms with Crippen LogP contribution in [0.4, 0.5) is 0 Å². The SMILES string of the molecule is Cc1c(CC(=O)Cc2cnc(-n3nccn3)c(Cl)c2)cnc2ccc(Br)cc12. The molecular weight excluding hydrogens is 442 g/mol. The molecule has 0 aliphatic rings. The smallest absolute Gasteiger partial charge is 0.193 e. The maximum Gasteiger partial charge on any atom is 0.193 e. The first-order valence-corrected chi connectivity index (χ1v) is 9.75. The quantitative estimate of drug-likeness (QED) is 0.448. The van der Waals surface area contributed by atoms with Crippen LogP contribution in [0.5, 0.6) is 0 Å². The lowest BCUT2D eigenvalue weighted by Gasteiger charge is -2.09. The molecule has 0 spiro atoms. The third kappa shape index (κ3) is 3.81. The van der Waals surface area contributed by atoms with E-state index >= 15 is 0 Å². The van der Waals surface area contributed by atoms with E-state index in [1.54, 1.807) is 30.9 Å². The number of ketones is 1. The Balaban J connectivity index is 1.53. The highest BCUT2D eigenvalue weighted by Crippen LogP contribution is 2.24. The number of carbonyl (C=O) groups excluding carboxylic acids is 1. The van der Waals surface area contributed by atoms with E-state index in [1.165, 1.54) is 4.80 Å². The van der Waals surface area contributed by atoms with E-state index in [0.29, 0.717) is 17.3 Å². The van der Waals surface area contributed by atoms with Crippen molar-refractivity contribution in [2.75, 3.05) is 0 Å². The molecule has 0 atom stereocenters. The molecule has 0 fully saturated rings. The fraction of sp³-hybridized carbons (Fsp3) is 0.150. The molecule has 140 valence electrons. The Hall–Kier alpha value is -2.64. The van der Waals surface area contributed by atoms with Crippen LogP contribution in [0.2, 0.25) is 5.02 Å². The topological polar surface area (TPSA) is 73.6 Å². The fourth-order valence-electron chi connectivity index (χ4n) is 3.06. The van der Waals surface area contributed by atoms with Crippen LogP contribution in [0.3, 0.4) is 0 Å². The largest absolute Gasteiger partial charge is 0.299 e. The van der Waals surface area contributed by atoms with Crippen molar-refractivity contribution in [3.63, 3.8) is 0 Å². The summed E-state index contributed by atoms with van der Waals surface area (Å²) >= 11 is 9.77. The summed E-state index contributed by atoms with van der Waals surface area (Å²) < 4.78 is 0.987. The lowest BCUT2D eigenvalue weighted by atomic mass is 9.99. The van der Waals surface area contributed by atoms with Crippen LogP contribution in [0.15, 0.2) is 53.5 Å². The first kappa shape index (κ1) is 18.7. The lowest BCUT2D eigenvalue weighted by Crippen LogP contribution is -2.10. The van der Waals surface area contributed by atoms with Crippen molar-refractivity contribution in [3.05, 3.63) is 75.2 Å². The predicted octanol–water partition coefficient (Wildman–Crippen LogP) is 4.29. The summed E-state index contributed by atoms with van der Waals surface area (Å²) in [5, 5.41) is 9.47. The average molecular weight is 457 g/mol. The molecule has 28 heavy (non-hydrogen) atoms.